The summed E-state index contributed by atoms with van der Waals surface area (Å²) in [5, 5.41) is 0. The van der Waals surface area contributed by atoms with Gasteiger partial charge in [-0.25, -0.2) is 17.2 Å². The van der Waals surface area contributed by atoms with Crippen LogP contribution in [0.15, 0.2) is 23.1 Å². The minimum atomic E-state index is -3.79. The summed E-state index contributed by atoms with van der Waals surface area (Å²) >= 11 is 0. The van der Waals surface area contributed by atoms with Gasteiger partial charge in [0, 0.05) is 19.2 Å². The van der Waals surface area contributed by atoms with Gasteiger partial charge in [0.2, 0.25) is 10.0 Å². The number of hydrogen-bond donors (Lipinski definition) is 0. The summed E-state index contributed by atoms with van der Waals surface area (Å²) < 4.78 is 51.9. The zero-order chi connectivity index (χ0) is 13.3. The molecule has 1 fully saturated rings. The maximum absolute atomic E-state index is 13.1. The van der Waals surface area contributed by atoms with Crippen molar-refractivity contribution in [3.05, 3.63) is 29.8 Å². The molecule has 1 atom stereocenters. The third-order valence-corrected chi connectivity index (χ3v) is 4.94. The summed E-state index contributed by atoms with van der Waals surface area (Å²) in [5.41, 5.74) is 0. The van der Waals surface area contributed by atoms with Crippen LogP contribution in [0.2, 0.25) is 0 Å². The normalized spacial score (nSPS) is 22.1. The van der Waals surface area contributed by atoms with E-state index in [-0.39, 0.29) is 10.8 Å². The fourth-order valence-electron chi connectivity index (χ4n) is 2.19. The van der Waals surface area contributed by atoms with E-state index in [9.17, 15) is 17.2 Å². The molecule has 1 heterocycles. The van der Waals surface area contributed by atoms with Crippen molar-refractivity contribution < 1.29 is 17.2 Å². The molecule has 2 rings (SSSR count). The van der Waals surface area contributed by atoms with Gasteiger partial charge in [-0.2, -0.15) is 4.31 Å². The minimum Gasteiger partial charge on any atom is -0.207 e. The quantitative estimate of drug-likeness (QED) is 0.831. The van der Waals surface area contributed by atoms with Crippen molar-refractivity contribution in [2.24, 2.45) is 5.92 Å². The number of benzene rings is 1. The van der Waals surface area contributed by atoms with Crippen molar-refractivity contribution in [2.75, 3.05) is 13.1 Å². The molecule has 0 bridgehead atoms. The number of piperidine rings is 1. The van der Waals surface area contributed by atoms with Crippen molar-refractivity contribution in [3.63, 3.8) is 0 Å². The minimum absolute atomic E-state index is 0.270. The largest absolute Gasteiger partial charge is 0.243 e. The fraction of sp³-hybridized carbons (Fsp3) is 0.500. The molecule has 0 N–H and O–H groups in total. The molecule has 1 aliphatic heterocycles. The van der Waals surface area contributed by atoms with Crippen molar-refractivity contribution in [1.82, 2.24) is 4.31 Å². The summed E-state index contributed by atoms with van der Waals surface area (Å²) in [6.07, 6.45) is 1.75. The maximum Gasteiger partial charge on any atom is 0.243 e. The van der Waals surface area contributed by atoms with E-state index in [4.69, 9.17) is 0 Å². The predicted molar refractivity (Wildman–Crippen MR) is 63.5 cm³/mol. The smallest absolute Gasteiger partial charge is 0.207 e. The maximum atomic E-state index is 13.1. The van der Waals surface area contributed by atoms with Gasteiger partial charge in [0.15, 0.2) is 0 Å². The number of hydrogen-bond acceptors (Lipinski definition) is 2. The Morgan fingerprint density at radius 2 is 1.83 bits per heavy atom. The summed E-state index contributed by atoms with van der Waals surface area (Å²) in [7, 11) is -3.79. The van der Waals surface area contributed by atoms with Crippen LogP contribution in [-0.4, -0.2) is 25.8 Å². The number of rotatable bonds is 2. The molecule has 0 amide bonds. The van der Waals surface area contributed by atoms with E-state index < -0.39 is 21.7 Å². The molecule has 6 heteroatoms. The predicted octanol–water partition coefficient (Wildman–Crippen LogP) is 2.39. The molecule has 0 aromatic heterocycles. The van der Waals surface area contributed by atoms with Gasteiger partial charge in [0.05, 0.1) is 4.90 Å². The van der Waals surface area contributed by atoms with E-state index in [0.717, 1.165) is 25.0 Å². The van der Waals surface area contributed by atoms with Crippen LogP contribution in [0.5, 0.6) is 0 Å². The zero-order valence-electron chi connectivity index (χ0n) is 10.1. The average Bonchev–Trinajstić information content (AvgIpc) is 2.27. The van der Waals surface area contributed by atoms with Gasteiger partial charge < -0.3 is 0 Å². The first-order valence-corrected chi connectivity index (χ1v) is 7.30. The number of nitrogens with zero attached hydrogens (tertiary/aromatic N) is 1. The van der Waals surface area contributed by atoms with Crippen molar-refractivity contribution in [1.29, 1.82) is 0 Å². The molecule has 100 valence electrons. The van der Waals surface area contributed by atoms with Crippen LogP contribution in [0.4, 0.5) is 8.78 Å². The molecule has 1 aromatic rings. The van der Waals surface area contributed by atoms with Gasteiger partial charge in [-0.1, -0.05) is 6.92 Å². The SMILES string of the molecule is CC1CCCN(S(=O)(=O)c2cc(F)cc(F)c2)C1. The standard InChI is InChI=1S/C12H15F2NO2S/c1-9-3-2-4-15(8-9)18(16,17)12-6-10(13)5-11(14)7-12/h5-7,9H,2-4,8H2,1H3. The lowest BCUT2D eigenvalue weighted by Gasteiger charge is -2.30. The van der Waals surface area contributed by atoms with Crippen molar-refractivity contribution >= 4 is 10.0 Å². The molecule has 1 aromatic carbocycles. The summed E-state index contributed by atoms with van der Waals surface area (Å²) in [5.74, 6) is -1.48. The molecule has 3 nitrogen and oxygen atoms in total. The van der Waals surface area contributed by atoms with Crippen LogP contribution in [0.1, 0.15) is 19.8 Å². The van der Waals surface area contributed by atoms with Crippen molar-refractivity contribution in [3.8, 4) is 0 Å². The molecule has 0 spiro atoms. The van der Waals surface area contributed by atoms with E-state index in [1.54, 1.807) is 0 Å². The van der Waals surface area contributed by atoms with E-state index in [0.29, 0.717) is 19.2 Å². The third-order valence-electron chi connectivity index (χ3n) is 3.09. The highest BCUT2D eigenvalue weighted by Crippen LogP contribution is 2.24. The Kier molecular flexibility index (Phi) is 3.68. The Morgan fingerprint density at radius 1 is 1.22 bits per heavy atom. The van der Waals surface area contributed by atoms with E-state index >= 15 is 0 Å². The second kappa shape index (κ2) is 4.93. The first kappa shape index (κ1) is 13.4. The Morgan fingerprint density at radius 3 is 2.39 bits per heavy atom. The van der Waals surface area contributed by atoms with Gasteiger partial charge in [0.25, 0.3) is 0 Å². The molecule has 1 saturated heterocycles. The highest BCUT2D eigenvalue weighted by molar-refractivity contribution is 7.89. The van der Waals surface area contributed by atoms with Gasteiger partial charge in [-0.15, -0.1) is 0 Å². The summed E-state index contributed by atoms with van der Waals surface area (Å²) in [6, 6.07) is 2.38. The highest BCUT2D eigenvalue weighted by atomic mass is 32.2. The summed E-state index contributed by atoms with van der Waals surface area (Å²) in [6.45, 7) is 2.78. The summed E-state index contributed by atoms with van der Waals surface area (Å²) in [4.78, 5) is -0.311. The first-order valence-electron chi connectivity index (χ1n) is 5.86. The van der Waals surface area contributed by atoms with Crippen LogP contribution >= 0.6 is 0 Å². The topological polar surface area (TPSA) is 37.4 Å². The zero-order valence-corrected chi connectivity index (χ0v) is 10.9. The van der Waals surface area contributed by atoms with E-state index in [1.165, 1.54) is 4.31 Å². The average molecular weight is 275 g/mol. The number of sulfonamides is 1. The molecular weight excluding hydrogens is 260 g/mol. The van der Waals surface area contributed by atoms with Gasteiger partial charge in [0.1, 0.15) is 11.6 Å². The Hall–Kier alpha value is -1.01. The molecule has 1 unspecified atom stereocenters. The molecule has 1 aliphatic rings. The Bertz CT molecular complexity index is 525. The fourth-order valence-corrected chi connectivity index (χ4v) is 3.83. The second-order valence-electron chi connectivity index (χ2n) is 4.72. The van der Waals surface area contributed by atoms with Gasteiger partial charge in [-0.05, 0) is 30.9 Å². The lowest BCUT2D eigenvalue weighted by Crippen LogP contribution is -2.39. The molecule has 18 heavy (non-hydrogen) atoms. The number of halogens is 2. The lowest BCUT2D eigenvalue weighted by molar-refractivity contribution is 0.281. The molecular formula is C12H15F2NO2S. The Labute approximate surface area is 105 Å². The lowest BCUT2D eigenvalue weighted by atomic mass is 10.0. The molecule has 0 aliphatic carbocycles. The van der Waals surface area contributed by atoms with Crippen molar-refractivity contribution in [2.45, 2.75) is 24.7 Å². The molecule has 0 saturated carbocycles. The Balaban J connectivity index is 2.35. The van der Waals surface area contributed by atoms with Gasteiger partial charge >= 0.3 is 0 Å². The van der Waals surface area contributed by atoms with Crippen LogP contribution in [0.25, 0.3) is 0 Å². The van der Waals surface area contributed by atoms with E-state index in [2.05, 4.69) is 0 Å². The van der Waals surface area contributed by atoms with Crippen LogP contribution in [0, 0.1) is 17.6 Å². The second-order valence-corrected chi connectivity index (χ2v) is 6.65. The highest BCUT2D eigenvalue weighted by Gasteiger charge is 2.29. The van der Waals surface area contributed by atoms with Crippen LogP contribution in [-0.2, 0) is 10.0 Å². The van der Waals surface area contributed by atoms with Gasteiger partial charge in [-0.3, -0.25) is 0 Å². The molecule has 0 radical (unpaired) electrons. The monoisotopic (exact) mass is 275 g/mol. The van der Waals surface area contributed by atoms with Crippen LogP contribution in [0.3, 0.4) is 0 Å². The first-order chi connectivity index (χ1) is 8.39. The van der Waals surface area contributed by atoms with E-state index in [1.807, 2.05) is 6.92 Å². The third kappa shape index (κ3) is 2.70. The van der Waals surface area contributed by atoms with Crippen LogP contribution < -0.4 is 0 Å².